The molecule has 3 heterocycles. The van der Waals surface area contributed by atoms with Crippen LogP contribution in [-0.2, 0) is 35.1 Å². The van der Waals surface area contributed by atoms with E-state index in [1.54, 1.807) is 24.0 Å². The molecule has 0 radical (unpaired) electrons. The van der Waals surface area contributed by atoms with E-state index < -0.39 is 60.2 Å². The van der Waals surface area contributed by atoms with Gasteiger partial charge in [0.2, 0.25) is 11.8 Å². The van der Waals surface area contributed by atoms with Gasteiger partial charge < -0.3 is 29.7 Å². The average Bonchev–Trinajstić information content (AvgIpc) is 3.68. The zero-order valence-electron chi connectivity index (χ0n) is 28.3. The van der Waals surface area contributed by atoms with Crippen molar-refractivity contribution in [2.45, 2.75) is 81.2 Å². The van der Waals surface area contributed by atoms with Crippen LogP contribution in [0.4, 0.5) is 5.69 Å². The number of likely N-dealkylation sites (tertiary alicyclic amines) is 1. The molecular formula is C38H46BrN3O7. The number of benzene rings is 2. The first-order chi connectivity index (χ1) is 23.5. The number of aryl methyl sites for hydroxylation is 2. The second-order valence-electron chi connectivity index (χ2n) is 13.3. The Kier molecular flexibility index (Phi) is 11.5. The van der Waals surface area contributed by atoms with E-state index in [1.807, 2.05) is 62.4 Å². The van der Waals surface area contributed by atoms with E-state index >= 15 is 4.79 Å². The van der Waals surface area contributed by atoms with Gasteiger partial charge in [-0.15, -0.1) is 13.2 Å². The lowest BCUT2D eigenvalue weighted by molar-refractivity contribution is -0.159. The molecule has 1 unspecified atom stereocenters. The maximum Gasteiger partial charge on any atom is 0.312 e. The number of nitrogens with zero attached hydrogens (tertiary/aromatic N) is 2. The quantitative estimate of drug-likeness (QED) is 0.160. The molecule has 262 valence electrons. The van der Waals surface area contributed by atoms with Crippen molar-refractivity contribution in [3.05, 3.63) is 90.5 Å². The van der Waals surface area contributed by atoms with Gasteiger partial charge in [0.05, 0.1) is 37.1 Å². The molecule has 2 aromatic carbocycles. The van der Waals surface area contributed by atoms with Crippen molar-refractivity contribution in [1.29, 1.82) is 0 Å². The van der Waals surface area contributed by atoms with Gasteiger partial charge in [0.1, 0.15) is 17.7 Å². The Morgan fingerprint density at radius 3 is 2.47 bits per heavy atom. The molecule has 3 saturated heterocycles. The minimum absolute atomic E-state index is 0.102. The van der Waals surface area contributed by atoms with Crippen LogP contribution >= 0.6 is 15.9 Å². The molecule has 5 rings (SSSR count). The van der Waals surface area contributed by atoms with Gasteiger partial charge in [0, 0.05) is 23.5 Å². The molecule has 3 aliphatic heterocycles. The van der Waals surface area contributed by atoms with Crippen LogP contribution in [-0.4, -0.2) is 88.1 Å². The Labute approximate surface area is 296 Å². The third kappa shape index (κ3) is 6.98. The zero-order chi connectivity index (χ0) is 35.5. The lowest BCUT2D eigenvalue weighted by Gasteiger charge is -2.40. The molecule has 0 aromatic heterocycles. The summed E-state index contributed by atoms with van der Waals surface area (Å²) in [5.74, 6) is -3.64. The highest BCUT2D eigenvalue weighted by Crippen LogP contribution is 2.61. The third-order valence-corrected chi connectivity index (χ3v) is 10.8. The Balaban J connectivity index is 1.53. The number of hydrogen-bond donors (Lipinski definition) is 2. The number of allylic oxidation sites excluding steroid dienone is 1. The molecule has 0 saturated carbocycles. The van der Waals surface area contributed by atoms with E-state index in [-0.39, 0.29) is 36.2 Å². The molecule has 2 bridgehead atoms. The first kappa shape index (κ1) is 36.5. The molecule has 0 aliphatic carbocycles. The molecule has 8 atom stereocenters. The van der Waals surface area contributed by atoms with Crippen LogP contribution in [0.2, 0.25) is 0 Å². The van der Waals surface area contributed by atoms with E-state index in [4.69, 9.17) is 9.47 Å². The van der Waals surface area contributed by atoms with Gasteiger partial charge in [-0.3, -0.25) is 19.2 Å². The standard InChI is InChI=1S/C38H46BrN3O7/c1-6-8-17-29(44)40-21-25(5)48-37(47)30-31-35(45)42(27(22-43)19-26-15-10-9-11-16-26)34(38(31)20-28(39)33(30)49-38)36(46)41(18-7-2)32-23(3)13-12-14-24(32)4/h6-7,9-16,25,27-28,30-31,33-34,43H,1-2,8,17-22H2,3-5H3,(H,40,44)/t25-,27+,28?,30+,31-,33+,34+,38-/m0/s1. The number of nitrogens with one attached hydrogen (secondary N) is 1. The maximum atomic E-state index is 15.1. The fourth-order valence-electron chi connectivity index (χ4n) is 7.84. The molecule has 3 amide bonds. The van der Waals surface area contributed by atoms with Crippen molar-refractivity contribution in [2.24, 2.45) is 11.8 Å². The molecule has 3 aliphatic rings. The maximum absolute atomic E-state index is 15.1. The summed E-state index contributed by atoms with van der Waals surface area (Å²) in [5, 5.41) is 13.6. The first-order valence-corrected chi connectivity index (χ1v) is 17.8. The molecule has 10 nitrogen and oxygen atoms in total. The van der Waals surface area contributed by atoms with Gasteiger partial charge in [-0.05, 0) is 56.7 Å². The lowest BCUT2D eigenvalue weighted by Crippen LogP contribution is -2.59. The molecule has 11 heteroatoms. The lowest BCUT2D eigenvalue weighted by atomic mass is 9.70. The fraction of sp³-hybridized carbons (Fsp3) is 0.474. The van der Waals surface area contributed by atoms with Crippen LogP contribution < -0.4 is 10.2 Å². The van der Waals surface area contributed by atoms with E-state index in [9.17, 15) is 19.5 Å². The van der Waals surface area contributed by atoms with E-state index in [1.165, 1.54) is 4.90 Å². The van der Waals surface area contributed by atoms with Crippen LogP contribution in [0.25, 0.3) is 0 Å². The normalized spacial score (nSPS) is 26.5. The summed E-state index contributed by atoms with van der Waals surface area (Å²) in [4.78, 5) is 58.8. The largest absolute Gasteiger partial charge is 0.460 e. The SMILES string of the molecule is C=CCCC(=O)NC[C@H](C)OC(=O)[C@H]1[C@@H]2O[C@@]3(CC2Br)[C@@H]1C(=O)N([C@@H](CO)Cc1ccccc1)[C@@H]3C(=O)N(CC=C)c1c(C)cccc1C. The van der Waals surface area contributed by atoms with Gasteiger partial charge in [0.25, 0.3) is 5.91 Å². The smallest absolute Gasteiger partial charge is 0.312 e. The summed E-state index contributed by atoms with van der Waals surface area (Å²) < 4.78 is 12.6. The number of esters is 1. The number of hydrogen-bond acceptors (Lipinski definition) is 7. The number of alkyl halides is 1. The highest BCUT2D eigenvalue weighted by atomic mass is 79.9. The molecule has 2 N–H and O–H groups in total. The highest BCUT2D eigenvalue weighted by Gasteiger charge is 2.77. The van der Waals surface area contributed by atoms with Crippen molar-refractivity contribution in [3.63, 3.8) is 0 Å². The summed E-state index contributed by atoms with van der Waals surface area (Å²) in [6.45, 7) is 13.0. The van der Waals surface area contributed by atoms with Crippen LogP contribution in [0.15, 0.2) is 73.8 Å². The Hall–Kier alpha value is -3.80. The number of aliphatic hydroxyl groups is 1. The highest BCUT2D eigenvalue weighted by molar-refractivity contribution is 9.09. The topological polar surface area (TPSA) is 125 Å². The van der Waals surface area contributed by atoms with Crippen molar-refractivity contribution >= 4 is 45.3 Å². The number of carbonyl (C=O) groups is 4. The Morgan fingerprint density at radius 2 is 1.84 bits per heavy atom. The number of anilines is 1. The monoisotopic (exact) mass is 735 g/mol. The molecule has 49 heavy (non-hydrogen) atoms. The molecule has 1 spiro atoms. The van der Waals surface area contributed by atoms with Crippen molar-refractivity contribution in [2.75, 3.05) is 24.6 Å². The average molecular weight is 737 g/mol. The van der Waals surface area contributed by atoms with E-state index in [2.05, 4.69) is 34.4 Å². The first-order valence-electron chi connectivity index (χ1n) is 16.8. The minimum atomic E-state index is -1.36. The van der Waals surface area contributed by atoms with Crippen LogP contribution in [0, 0.1) is 25.7 Å². The minimum Gasteiger partial charge on any atom is -0.460 e. The van der Waals surface area contributed by atoms with Crippen LogP contribution in [0.3, 0.4) is 0 Å². The zero-order valence-corrected chi connectivity index (χ0v) is 29.9. The molecule has 2 aromatic rings. The van der Waals surface area contributed by atoms with Crippen LogP contribution in [0.1, 0.15) is 42.9 Å². The summed E-state index contributed by atoms with van der Waals surface area (Å²) in [6, 6.07) is 13.3. The number of carbonyl (C=O) groups excluding carboxylic acids is 4. The van der Waals surface area contributed by atoms with Crippen LogP contribution in [0.5, 0.6) is 0 Å². The Morgan fingerprint density at radius 1 is 1.14 bits per heavy atom. The Bertz CT molecular complexity index is 1560. The number of fused-ring (bicyclic) bond motifs is 1. The van der Waals surface area contributed by atoms with Gasteiger partial charge in [0.15, 0.2) is 0 Å². The predicted molar refractivity (Wildman–Crippen MR) is 190 cm³/mol. The second-order valence-corrected chi connectivity index (χ2v) is 14.5. The third-order valence-electron chi connectivity index (χ3n) is 9.92. The summed E-state index contributed by atoms with van der Waals surface area (Å²) in [5.41, 5.74) is 2.00. The van der Waals surface area contributed by atoms with Gasteiger partial charge in [-0.25, -0.2) is 0 Å². The number of halogens is 1. The number of amides is 3. The van der Waals surface area contributed by atoms with Crippen molar-refractivity contribution in [1.82, 2.24) is 10.2 Å². The van der Waals surface area contributed by atoms with Gasteiger partial charge >= 0.3 is 5.97 Å². The van der Waals surface area contributed by atoms with Gasteiger partial charge in [-0.2, -0.15) is 0 Å². The van der Waals surface area contributed by atoms with Gasteiger partial charge in [-0.1, -0.05) is 76.6 Å². The predicted octanol–water partition coefficient (Wildman–Crippen LogP) is 4.19. The summed E-state index contributed by atoms with van der Waals surface area (Å²) in [6.07, 6.45) is 3.31. The summed E-state index contributed by atoms with van der Waals surface area (Å²) >= 11 is 3.72. The second kappa shape index (κ2) is 15.4. The number of aliphatic hydroxyl groups excluding tert-OH is 1. The van der Waals surface area contributed by atoms with Crippen molar-refractivity contribution in [3.8, 4) is 0 Å². The van der Waals surface area contributed by atoms with Crippen molar-refractivity contribution < 1.29 is 33.8 Å². The van der Waals surface area contributed by atoms with E-state index in [0.29, 0.717) is 24.9 Å². The molecule has 3 fully saturated rings. The number of ether oxygens (including phenoxy) is 2. The fourth-order valence-corrected chi connectivity index (χ4v) is 8.79. The van der Waals surface area contributed by atoms with E-state index in [0.717, 1.165) is 16.7 Å². The number of para-hydroxylation sites is 1. The summed E-state index contributed by atoms with van der Waals surface area (Å²) in [7, 11) is 0. The molecular weight excluding hydrogens is 690 g/mol. The number of rotatable bonds is 15.